The molecule has 18 heavy (non-hydrogen) atoms. The molecule has 3 rings (SSSR count). The number of carbonyl (C=O) groups is 1. The smallest absolute Gasteiger partial charge is 0.224 e. The zero-order valence-corrected chi connectivity index (χ0v) is 10.5. The maximum Gasteiger partial charge on any atom is 0.224 e. The summed E-state index contributed by atoms with van der Waals surface area (Å²) in [7, 11) is 0. The second-order valence-electron chi connectivity index (χ2n) is 5.66. The standard InChI is InChI=1S/C15H19NO2/c17-10-15(6-3-7-15)16-14(18)13-8-11-4-1-2-5-12(11)9-13/h1-2,4-5,13,17H,3,6-10H2,(H,16,18). The van der Waals surface area contributed by atoms with Crippen molar-refractivity contribution < 1.29 is 9.90 Å². The number of aliphatic hydroxyl groups is 1. The van der Waals surface area contributed by atoms with Gasteiger partial charge in [-0.1, -0.05) is 24.3 Å². The molecular formula is C15H19NO2. The number of aliphatic hydroxyl groups excluding tert-OH is 1. The Morgan fingerprint density at radius 2 is 1.89 bits per heavy atom. The van der Waals surface area contributed by atoms with Crippen LogP contribution in [0.4, 0.5) is 0 Å². The van der Waals surface area contributed by atoms with E-state index in [4.69, 9.17) is 0 Å². The molecule has 96 valence electrons. The minimum atomic E-state index is -0.314. The molecule has 0 unspecified atom stereocenters. The number of benzene rings is 1. The lowest BCUT2D eigenvalue weighted by molar-refractivity contribution is -0.128. The number of hydrogen-bond donors (Lipinski definition) is 2. The molecule has 2 aliphatic rings. The Kier molecular flexibility index (Phi) is 2.86. The summed E-state index contributed by atoms with van der Waals surface area (Å²) < 4.78 is 0. The van der Waals surface area contributed by atoms with Gasteiger partial charge in [-0.05, 0) is 43.2 Å². The summed E-state index contributed by atoms with van der Waals surface area (Å²) in [6, 6.07) is 8.27. The van der Waals surface area contributed by atoms with Gasteiger partial charge in [0.15, 0.2) is 0 Å². The van der Waals surface area contributed by atoms with Crippen molar-refractivity contribution in [2.75, 3.05) is 6.61 Å². The van der Waals surface area contributed by atoms with E-state index in [2.05, 4.69) is 17.4 Å². The van der Waals surface area contributed by atoms with Gasteiger partial charge in [-0.25, -0.2) is 0 Å². The van der Waals surface area contributed by atoms with Crippen LogP contribution in [0, 0.1) is 5.92 Å². The molecule has 0 atom stereocenters. The van der Waals surface area contributed by atoms with Crippen LogP contribution in [-0.2, 0) is 17.6 Å². The van der Waals surface area contributed by atoms with Crippen LogP contribution in [-0.4, -0.2) is 23.2 Å². The summed E-state index contributed by atoms with van der Waals surface area (Å²) in [5.74, 6) is 0.159. The number of carbonyl (C=O) groups excluding carboxylic acids is 1. The summed E-state index contributed by atoms with van der Waals surface area (Å²) >= 11 is 0. The van der Waals surface area contributed by atoms with Gasteiger partial charge in [0.05, 0.1) is 12.1 Å². The van der Waals surface area contributed by atoms with Crippen LogP contribution in [0.5, 0.6) is 0 Å². The van der Waals surface area contributed by atoms with Crippen molar-refractivity contribution in [1.29, 1.82) is 0 Å². The molecule has 0 radical (unpaired) electrons. The van der Waals surface area contributed by atoms with Gasteiger partial charge >= 0.3 is 0 Å². The average Bonchev–Trinajstić information content (AvgIpc) is 2.77. The molecule has 2 aliphatic carbocycles. The second kappa shape index (κ2) is 4.39. The van der Waals surface area contributed by atoms with Crippen molar-refractivity contribution in [2.45, 2.75) is 37.6 Å². The molecule has 0 heterocycles. The van der Waals surface area contributed by atoms with Gasteiger partial charge in [0.2, 0.25) is 5.91 Å². The molecule has 0 spiro atoms. The Morgan fingerprint density at radius 3 is 2.33 bits per heavy atom. The highest BCUT2D eigenvalue weighted by Gasteiger charge is 2.39. The van der Waals surface area contributed by atoms with Crippen molar-refractivity contribution in [2.24, 2.45) is 5.92 Å². The first-order chi connectivity index (χ1) is 8.72. The van der Waals surface area contributed by atoms with Crippen LogP contribution < -0.4 is 5.32 Å². The first-order valence-corrected chi connectivity index (χ1v) is 6.72. The van der Waals surface area contributed by atoms with Gasteiger partial charge in [-0.3, -0.25) is 4.79 Å². The Bertz CT molecular complexity index is 435. The van der Waals surface area contributed by atoms with Crippen molar-refractivity contribution in [3.05, 3.63) is 35.4 Å². The third-order valence-electron chi connectivity index (χ3n) is 4.42. The van der Waals surface area contributed by atoms with Gasteiger partial charge in [-0.2, -0.15) is 0 Å². The van der Waals surface area contributed by atoms with E-state index >= 15 is 0 Å². The molecule has 1 saturated carbocycles. The van der Waals surface area contributed by atoms with Gasteiger partial charge in [-0.15, -0.1) is 0 Å². The van der Waals surface area contributed by atoms with Crippen molar-refractivity contribution in [3.8, 4) is 0 Å². The van der Waals surface area contributed by atoms with Crippen LogP contribution in [0.1, 0.15) is 30.4 Å². The summed E-state index contributed by atoms with van der Waals surface area (Å²) in [6.45, 7) is 0.0679. The number of fused-ring (bicyclic) bond motifs is 1. The molecule has 0 bridgehead atoms. The molecule has 3 nitrogen and oxygen atoms in total. The lowest BCUT2D eigenvalue weighted by Crippen LogP contribution is -2.57. The second-order valence-corrected chi connectivity index (χ2v) is 5.66. The molecule has 0 aromatic heterocycles. The number of nitrogens with one attached hydrogen (secondary N) is 1. The molecule has 0 aliphatic heterocycles. The summed E-state index contributed by atoms with van der Waals surface area (Å²) in [5, 5.41) is 12.5. The Balaban J connectivity index is 1.66. The van der Waals surface area contributed by atoms with Crippen LogP contribution in [0.25, 0.3) is 0 Å². The highest BCUT2D eigenvalue weighted by Crippen LogP contribution is 2.33. The van der Waals surface area contributed by atoms with E-state index in [0.29, 0.717) is 0 Å². The van der Waals surface area contributed by atoms with E-state index in [1.54, 1.807) is 0 Å². The van der Waals surface area contributed by atoms with Gasteiger partial charge < -0.3 is 10.4 Å². The zero-order valence-electron chi connectivity index (χ0n) is 10.5. The van der Waals surface area contributed by atoms with E-state index in [1.807, 2.05) is 12.1 Å². The van der Waals surface area contributed by atoms with Crippen molar-refractivity contribution >= 4 is 5.91 Å². The average molecular weight is 245 g/mol. The maximum atomic E-state index is 12.3. The van der Waals surface area contributed by atoms with E-state index < -0.39 is 0 Å². The Labute approximate surface area is 107 Å². The Hall–Kier alpha value is -1.35. The molecular weight excluding hydrogens is 226 g/mol. The molecule has 1 fully saturated rings. The minimum absolute atomic E-state index is 0.0476. The third kappa shape index (κ3) is 1.93. The maximum absolute atomic E-state index is 12.3. The van der Waals surface area contributed by atoms with Crippen molar-refractivity contribution in [1.82, 2.24) is 5.32 Å². The van der Waals surface area contributed by atoms with Crippen LogP contribution in [0.3, 0.4) is 0 Å². The van der Waals surface area contributed by atoms with Crippen LogP contribution >= 0.6 is 0 Å². The van der Waals surface area contributed by atoms with Crippen molar-refractivity contribution in [3.63, 3.8) is 0 Å². The van der Waals surface area contributed by atoms with E-state index in [0.717, 1.165) is 32.1 Å². The quantitative estimate of drug-likeness (QED) is 0.846. The summed E-state index contributed by atoms with van der Waals surface area (Å²) in [4.78, 5) is 12.3. The zero-order chi connectivity index (χ0) is 12.6. The normalized spacial score (nSPS) is 21.2. The number of amides is 1. The summed E-state index contributed by atoms with van der Waals surface area (Å²) in [6.07, 6.45) is 4.60. The SMILES string of the molecule is O=C(NC1(CO)CCC1)C1Cc2ccccc2C1. The predicted octanol–water partition coefficient (Wildman–Crippen LogP) is 1.43. The van der Waals surface area contributed by atoms with Gasteiger partial charge in [0.1, 0.15) is 0 Å². The first kappa shape index (κ1) is 11.7. The first-order valence-electron chi connectivity index (χ1n) is 6.72. The van der Waals surface area contributed by atoms with E-state index in [-0.39, 0.29) is 24.0 Å². The Morgan fingerprint density at radius 1 is 1.28 bits per heavy atom. The monoisotopic (exact) mass is 245 g/mol. The van der Waals surface area contributed by atoms with Crippen LogP contribution in [0.2, 0.25) is 0 Å². The fourth-order valence-electron chi connectivity index (χ4n) is 3.03. The van der Waals surface area contributed by atoms with Gasteiger partial charge in [0.25, 0.3) is 0 Å². The molecule has 1 aromatic carbocycles. The molecule has 2 N–H and O–H groups in total. The van der Waals surface area contributed by atoms with E-state index in [9.17, 15) is 9.90 Å². The highest BCUT2D eigenvalue weighted by molar-refractivity contribution is 5.81. The minimum Gasteiger partial charge on any atom is -0.394 e. The van der Waals surface area contributed by atoms with Crippen LogP contribution in [0.15, 0.2) is 24.3 Å². The predicted molar refractivity (Wildman–Crippen MR) is 69.2 cm³/mol. The molecule has 1 aromatic rings. The lowest BCUT2D eigenvalue weighted by Gasteiger charge is -2.41. The largest absolute Gasteiger partial charge is 0.394 e. The topological polar surface area (TPSA) is 49.3 Å². The number of rotatable bonds is 3. The molecule has 3 heteroatoms. The fraction of sp³-hybridized carbons (Fsp3) is 0.533. The molecule has 0 saturated heterocycles. The lowest BCUT2D eigenvalue weighted by atomic mass is 9.77. The van der Waals surface area contributed by atoms with E-state index in [1.165, 1.54) is 11.1 Å². The fourth-order valence-corrected chi connectivity index (χ4v) is 3.03. The number of hydrogen-bond acceptors (Lipinski definition) is 2. The highest BCUT2D eigenvalue weighted by atomic mass is 16.3. The molecule has 1 amide bonds. The van der Waals surface area contributed by atoms with Gasteiger partial charge in [0, 0.05) is 5.92 Å². The third-order valence-corrected chi connectivity index (χ3v) is 4.42. The summed E-state index contributed by atoms with van der Waals surface area (Å²) in [5.41, 5.74) is 2.28.